The Balaban J connectivity index is 1.36. The summed E-state index contributed by atoms with van der Waals surface area (Å²) in [6.45, 7) is 0.0647. The van der Waals surface area contributed by atoms with Gasteiger partial charge in [-0.25, -0.2) is 9.29 Å². The van der Waals surface area contributed by atoms with Gasteiger partial charge in [-0.1, -0.05) is 35.9 Å². The Bertz CT molecular complexity index is 1470. The van der Waals surface area contributed by atoms with Crippen molar-refractivity contribution in [1.29, 1.82) is 0 Å². The Labute approximate surface area is 212 Å². The molecular formula is C25H15BrClFN4O3. The molecule has 3 amide bonds. The van der Waals surface area contributed by atoms with Gasteiger partial charge in [-0.2, -0.15) is 5.10 Å². The maximum atomic E-state index is 14.1. The van der Waals surface area contributed by atoms with Crippen molar-refractivity contribution < 1.29 is 18.8 Å². The molecule has 2 heterocycles. The summed E-state index contributed by atoms with van der Waals surface area (Å²) in [6.07, 6.45) is 1.59. The fourth-order valence-corrected chi connectivity index (χ4v) is 4.44. The molecule has 1 N–H and O–H groups in total. The van der Waals surface area contributed by atoms with Gasteiger partial charge in [0.25, 0.3) is 17.7 Å². The van der Waals surface area contributed by atoms with Crippen LogP contribution < -0.4 is 10.2 Å². The topological polar surface area (TPSA) is 84.3 Å². The largest absolute Gasteiger partial charge is 0.304 e. The highest BCUT2D eigenvalue weighted by Gasteiger charge is 2.36. The van der Waals surface area contributed by atoms with Crippen molar-refractivity contribution in [2.45, 2.75) is 6.54 Å². The molecule has 0 unspecified atom stereocenters. The van der Waals surface area contributed by atoms with Crippen LogP contribution >= 0.6 is 27.5 Å². The number of imide groups is 1. The van der Waals surface area contributed by atoms with Crippen molar-refractivity contribution in [3.8, 4) is 0 Å². The average molecular weight is 554 g/mol. The number of anilines is 2. The summed E-state index contributed by atoms with van der Waals surface area (Å²) in [6, 6.07) is 17.2. The number of amides is 3. The van der Waals surface area contributed by atoms with E-state index < -0.39 is 23.5 Å². The lowest BCUT2D eigenvalue weighted by Crippen LogP contribution is -2.29. The fourth-order valence-electron chi connectivity index (χ4n) is 3.80. The third kappa shape index (κ3) is 4.24. The van der Waals surface area contributed by atoms with Crippen molar-refractivity contribution in [3.63, 3.8) is 0 Å². The summed E-state index contributed by atoms with van der Waals surface area (Å²) < 4.78 is 16.0. The molecule has 0 aliphatic carbocycles. The summed E-state index contributed by atoms with van der Waals surface area (Å²) in [5.74, 6) is -1.64. The van der Waals surface area contributed by atoms with Crippen LogP contribution in [0.3, 0.4) is 0 Å². The van der Waals surface area contributed by atoms with Gasteiger partial charge >= 0.3 is 0 Å². The number of carbonyl (C=O) groups is 3. The molecule has 3 aromatic carbocycles. The van der Waals surface area contributed by atoms with Crippen LogP contribution in [-0.2, 0) is 6.54 Å². The number of hydrogen-bond donors (Lipinski definition) is 1. The van der Waals surface area contributed by atoms with Crippen molar-refractivity contribution in [3.05, 3.63) is 110 Å². The summed E-state index contributed by atoms with van der Waals surface area (Å²) in [7, 11) is 0. The molecule has 0 fully saturated rings. The van der Waals surface area contributed by atoms with E-state index in [1.165, 1.54) is 22.9 Å². The minimum Gasteiger partial charge on any atom is -0.304 e. The van der Waals surface area contributed by atoms with Gasteiger partial charge in [-0.05, 0) is 58.4 Å². The van der Waals surface area contributed by atoms with E-state index in [1.807, 2.05) is 0 Å². The number of hydrogen-bond acceptors (Lipinski definition) is 4. The van der Waals surface area contributed by atoms with Crippen molar-refractivity contribution in [2.24, 2.45) is 0 Å². The number of rotatable bonds is 5. The summed E-state index contributed by atoms with van der Waals surface area (Å²) in [4.78, 5) is 39.5. The molecule has 174 valence electrons. The zero-order valence-corrected chi connectivity index (χ0v) is 20.2. The van der Waals surface area contributed by atoms with Crippen LogP contribution in [0.5, 0.6) is 0 Å². The third-order valence-corrected chi connectivity index (χ3v) is 6.43. The van der Waals surface area contributed by atoms with Gasteiger partial charge in [0.15, 0.2) is 5.82 Å². The molecule has 1 aliphatic heterocycles. The second-order valence-electron chi connectivity index (χ2n) is 7.72. The van der Waals surface area contributed by atoms with Gasteiger partial charge in [0.2, 0.25) is 0 Å². The maximum absolute atomic E-state index is 14.1. The van der Waals surface area contributed by atoms with Gasteiger partial charge in [0.05, 0.1) is 27.8 Å². The Morgan fingerprint density at radius 2 is 1.69 bits per heavy atom. The highest BCUT2D eigenvalue weighted by Crippen LogP contribution is 2.29. The highest BCUT2D eigenvalue weighted by molar-refractivity contribution is 9.10. The smallest absolute Gasteiger partial charge is 0.266 e. The minimum atomic E-state index is -0.502. The van der Waals surface area contributed by atoms with Gasteiger partial charge in [-0.15, -0.1) is 0 Å². The molecule has 0 spiro atoms. The Kier molecular flexibility index (Phi) is 5.96. The number of nitrogens with zero attached hydrogens (tertiary/aromatic N) is 3. The molecule has 0 atom stereocenters. The molecule has 35 heavy (non-hydrogen) atoms. The monoisotopic (exact) mass is 552 g/mol. The molecule has 1 aliphatic rings. The van der Waals surface area contributed by atoms with Crippen molar-refractivity contribution in [1.82, 2.24) is 9.78 Å². The lowest BCUT2D eigenvalue weighted by atomic mass is 10.1. The lowest BCUT2D eigenvalue weighted by molar-refractivity contribution is 0.0924. The minimum absolute atomic E-state index is 0.0647. The number of carbonyl (C=O) groups excluding carboxylic acids is 3. The van der Waals surface area contributed by atoms with E-state index >= 15 is 0 Å². The molecule has 7 nitrogen and oxygen atoms in total. The zero-order chi connectivity index (χ0) is 24.7. The predicted octanol–water partition coefficient (Wildman–Crippen LogP) is 5.54. The lowest BCUT2D eigenvalue weighted by Gasteiger charge is -2.15. The van der Waals surface area contributed by atoms with Crippen LogP contribution in [-0.4, -0.2) is 27.5 Å². The predicted molar refractivity (Wildman–Crippen MR) is 132 cm³/mol. The number of nitrogens with one attached hydrogen (secondary N) is 1. The average Bonchev–Trinajstić information content (AvgIpc) is 3.32. The first kappa shape index (κ1) is 22.9. The standard InChI is InChI=1S/C25H15BrClFN4O3/c26-19-13-31(12-18-20(27)9-4-10-21(18)28)30-22(19)29-23(33)14-5-3-6-15(11-14)32-24(34)16-7-1-2-8-17(16)25(32)35/h1-11,13H,12H2,(H,29,30,33). The first-order valence-electron chi connectivity index (χ1n) is 10.4. The van der Waals surface area contributed by atoms with E-state index in [0.717, 1.165) is 4.90 Å². The summed E-state index contributed by atoms with van der Waals surface area (Å²) in [5, 5.41) is 7.25. The van der Waals surface area contributed by atoms with E-state index in [2.05, 4.69) is 26.3 Å². The van der Waals surface area contributed by atoms with E-state index in [1.54, 1.807) is 54.7 Å². The van der Waals surface area contributed by atoms with Gasteiger partial charge in [0.1, 0.15) is 5.82 Å². The third-order valence-electron chi connectivity index (χ3n) is 5.49. The number of benzene rings is 3. The number of fused-ring (bicyclic) bond motifs is 1. The first-order chi connectivity index (χ1) is 16.8. The number of aromatic nitrogens is 2. The molecule has 5 rings (SSSR count). The zero-order valence-electron chi connectivity index (χ0n) is 17.8. The highest BCUT2D eigenvalue weighted by atomic mass is 79.9. The van der Waals surface area contributed by atoms with E-state index in [4.69, 9.17) is 11.6 Å². The maximum Gasteiger partial charge on any atom is 0.266 e. The van der Waals surface area contributed by atoms with Crippen molar-refractivity contribution >= 4 is 56.8 Å². The SMILES string of the molecule is O=C(Nc1nn(Cc2c(F)cccc2Cl)cc1Br)c1cccc(N2C(=O)c3ccccc3C2=O)c1. The van der Waals surface area contributed by atoms with Crippen LogP contribution in [0.1, 0.15) is 36.6 Å². The van der Waals surface area contributed by atoms with Gasteiger partial charge in [0, 0.05) is 22.3 Å². The molecule has 0 saturated carbocycles. The molecule has 10 heteroatoms. The van der Waals surface area contributed by atoms with Crippen LogP contribution in [0.15, 0.2) is 77.4 Å². The molecule has 0 saturated heterocycles. The quantitative estimate of drug-likeness (QED) is 0.329. The first-order valence-corrected chi connectivity index (χ1v) is 11.6. The molecule has 0 radical (unpaired) electrons. The molecule has 4 aromatic rings. The molecule has 1 aromatic heterocycles. The molecular weight excluding hydrogens is 539 g/mol. The van der Waals surface area contributed by atoms with E-state index in [0.29, 0.717) is 15.6 Å². The van der Waals surface area contributed by atoms with E-state index in [-0.39, 0.29) is 34.2 Å². The van der Waals surface area contributed by atoms with Gasteiger partial charge in [-0.3, -0.25) is 19.1 Å². The van der Waals surface area contributed by atoms with Crippen LogP contribution in [0.4, 0.5) is 15.9 Å². The van der Waals surface area contributed by atoms with Crippen LogP contribution in [0.2, 0.25) is 5.02 Å². The fraction of sp³-hybridized carbons (Fsp3) is 0.0400. The second kappa shape index (κ2) is 9.09. The van der Waals surface area contributed by atoms with Crippen LogP contribution in [0, 0.1) is 5.82 Å². The van der Waals surface area contributed by atoms with Gasteiger partial charge < -0.3 is 5.32 Å². The summed E-state index contributed by atoms with van der Waals surface area (Å²) >= 11 is 9.44. The van der Waals surface area contributed by atoms with Crippen LogP contribution in [0.25, 0.3) is 0 Å². The Morgan fingerprint density at radius 3 is 2.37 bits per heavy atom. The second-order valence-corrected chi connectivity index (χ2v) is 8.98. The Morgan fingerprint density at radius 1 is 1.00 bits per heavy atom. The molecule has 0 bridgehead atoms. The van der Waals surface area contributed by atoms with E-state index in [9.17, 15) is 18.8 Å². The number of halogens is 3. The Hall–Kier alpha value is -3.82. The summed E-state index contributed by atoms with van der Waals surface area (Å²) in [5.41, 5.74) is 1.41. The normalized spacial score (nSPS) is 12.7. The van der Waals surface area contributed by atoms with Crippen molar-refractivity contribution in [2.75, 3.05) is 10.2 Å².